The molecule has 2 aliphatic carbocycles. The summed E-state index contributed by atoms with van der Waals surface area (Å²) in [5, 5.41) is 8.14. The second-order valence-corrected chi connectivity index (χ2v) is 12.4. The van der Waals surface area contributed by atoms with Crippen molar-refractivity contribution in [1.29, 1.82) is 0 Å². The molecule has 5 fully saturated rings. The Morgan fingerprint density at radius 2 is 1.75 bits per heavy atom. The van der Waals surface area contributed by atoms with Crippen molar-refractivity contribution in [2.45, 2.75) is 49.9 Å². The van der Waals surface area contributed by atoms with Gasteiger partial charge in [0.2, 0.25) is 5.91 Å². The van der Waals surface area contributed by atoms with Crippen LogP contribution in [0.25, 0.3) is 0 Å². The molecular formula is C28H38FN9O2. The van der Waals surface area contributed by atoms with Gasteiger partial charge in [0.25, 0.3) is 0 Å². The summed E-state index contributed by atoms with van der Waals surface area (Å²) in [4.78, 5) is 38.8. The number of nitrogens with two attached hydrogens (primary N) is 1. The highest BCUT2D eigenvalue weighted by Crippen LogP contribution is 2.54. The molecule has 1 unspecified atom stereocenters. The van der Waals surface area contributed by atoms with Crippen LogP contribution in [0.4, 0.5) is 9.18 Å². The van der Waals surface area contributed by atoms with Crippen molar-refractivity contribution in [3.05, 3.63) is 47.8 Å². The van der Waals surface area contributed by atoms with Crippen LogP contribution < -0.4 is 11.1 Å². The molecule has 12 heteroatoms. The van der Waals surface area contributed by atoms with Gasteiger partial charge < -0.3 is 20.9 Å². The van der Waals surface area contributed by atoms with Gasteiger partial charge in [-0.25, -0.2) is 18.9 Å². The summed E-state index contributed by atoms with van der Waals surface area (Å²) in [5.74, 6) is 0.791. The Labute approximate surface area is 233 Å². The maximum absolute atomic E-state index is 13.5. The number of carbonyl (C=O) groups is 2. The fraction of sp³-hybridized carbons (Fsp3) is 0.643. The molecule has 0 bridgehead atoms. The number of piperazine rings is 2. The number of urea groups is 1. The van der Waals surface area contributed by atoms with Gasteiger partial charge in [-0.2, -0.15) is 5.10 Å². The zero-order valence-corrected chi connectivity index (χ0v) is 22.8. The largest absolute Gasteiger partial charge is 0.368 e. The topological polar surface area (TPSA) is 116 Å². The molecule has 3 amide bonds. The summed E-state index contributed by atoms with van der Waals surface area (Å²) in [6, 6.07) is 5.93. The Bertz CT molecular complexity index is 1240. The summed E-state index contributed by atoms with van der Waals surface area (Å²) < 4.78 is 15.6. The number of carbonyl (C=O) groups excluding carboxylic acids is 2. The van der Waals surface area contributed by atoms with E-state index in [1.165, 1.54) is 25.0 Å². The van der Waals surface area contributed by atoms with Crippen molar-refractivity contribution < 1.29 is 14.0 Å². The standard InChI is InChI=1S/C28H38FN9O2/c29-21-5-3-19(4-6-21)24(25(30)39)37-8-7-31-15-23(37)34-9-11-35(12-10-34)27(40)36-16-28(17-36)13-22(14-28)38-18-32-26(33-38)20-1-2-20/h3-6,18,20,22-24,31H,1-2,7-17H2,(H2,30,39)/t23?,24-/m0/s1. The van der Waals surface area contributed by atoms with Crippen LogP contribution >= 0.6 is 0 Å². The second kappa shape index (κ2) is 10.1. The number of primary amides is 1. The van der Waals surface area contributed by atoms with Gasteiger partial charge in [-0.05, 0) is 43.4 Å². The summed E-state index contributed by atoms with van der Waals surface area (Å²) >= 11 is 0. The lowest BCUT2D eigenvalue weighted by Gasteiger charge is -2.59. The molecule has 1 aromatic heterocycles. The third kappa shape index (κ3) is 4.75. The van der Waals surface area contributed by atoms with E-state index in [0.29, 0.717) is 43.7 Å². The van der Waals surface area contributed by atoms with Crippen LogP contribution in [0, 0.1) is 11.2 Å². The number of amides is 3. The lowest BCUT2D eigenvalue weighted by atomic mass is 9.61. The Balaban J connectivity index is 0.920. The third-order valence-corrected chi connectivity index (χ3v) is 9.55. The Morgan fingerprint density at radius 1 is 1.02 bits per heavy atom. The van der Waals surface area contributed by atoms with Gasteiger partial charge in [0.05, 0.1) is 12.2 Å². The third-order valence-electron chi connectivity index (χ3n) is 9.55. The maximum Gasteiger partial charge on any atom is 0.320 e. The van der Waals surface area contributed by atoms with E-state index in [1.807, 2.05) is 20.8 Å². The smallest absolute Gasteiger partial charge is 0.320 e. The quantitative estimate of drug-likeness (QED) is 0.553. The van der Waals surface area contributed by atoms with Crippen molar-refractivity contribution in [2.75, 3.05) is 58.9 Å². The van der Waals surface area contributed by atoms with Gasteiger partial charge in [-0.15, -0.1) is 0 Å². The molecule has 3 aliphatic heterocycles. The highest BCUT2D eigenvalue weighted by Gasteiger charge is 2.55. The first-order valence-electron chi connectivity index (χ1n) is 14.6. The number of nitrogens with one attached hydrogen (secondary N) is 1. The summed E-state index contributed by atoms with van der Waals surface area (Å²) in [6.45, 7) is 6.49. The molecule has 2 saturated carbocycles. The van der Waals surface area contributed by atoms with Gasteiger partial charge in [0, 0.05) is 70.2 Å². The van der Waals surface area contributed by atoms with Crippen molar-refractivity contribution in [2.24, 2.45) is 11.1 Å². The number of hydrogen-bond acceptors (Lipinski definition) is 7. The second-order valence-electron chi connectivity index (χ2n) is 12.4. The first kappa shape index (κ1) is 25.8. The number of benzene rings is 1. The molecule has 3 saturated heterocycles. The number of hydrogen-bond donors (Lipinski definition) is 2. The zero-order chi connectivity index (χ0) is 27.4. The SMILES string of the molecule is NC(=O)[C@H](c1ccc(F)cc1)N1CCNCC1N1CCN(C(=O)N2CC3(CC(n4cnc(C5CC5)n4)C3)C2)CC1. The van der Waals surface area contributed by atoms with Gasteiger partial charge >= 0.3 is 6.03 Å². The summed E-state index contributed by atoms with van der Waals surface area (Å²) in [6.07, 6.45) is 6.41. The highest BCUT2D eigenvalue weighted by molar-refractivity contribution is 5.81. The van der Waals surface area contributed by atoms with E-state index < -0.39 is 11.9 Å². The van der Waals surface area contributed by atoms with Crippen LogP contribution in [0.1, 0.15) is 55.1 Å². The van der Waals surface area contributed by atoms with Crippen LogP contribution in [0.2, 0.25) is 0 Å². The highest BCUT2D eigenvalue weighted by atomic mass is 19.1. The minimum atomic E-state index is -0.631. The van der Waals surface area contributed by atoms with Crippen molar-refractivity contribution in [3.8, 4) is 0 Å². The molecule has 214 valence electrons. The van der Waals surface area contributed by atoms with E-state index in [-0.39, 0.29) is 23.4 Å². The van der Waals surface area contributed by atoms with Crippen LogP contribution in [0.5, 0.6) is 0 Å². The molecule has 2 aromatic rings. The van der Waals surface area contributed by atoms with E-state index in [9.17, 15) is 14.0 Å². The molecule has 40 heavy (non-hydrogen) atoms. The Kier molecular flexibility index (Phi) is 6.51. The maximum atomic E-state index is 13.5. The number of halogens is 1. The van der Waals surface area contributed by atoms with E-state index in [1.54, 1.807) is 12.1 Å². The molecule has 4 heterocycles. The lowest BCUT2D eigenvalue weighted by molar-refractivity contribution is -0.128. The van der Waals surface area contributed by atoms with Crippen molar-refractivity contribution in [1.82, 2.24) is 39.7 Å². The van der Waals surface area contributed by atoms with Crippen LogP contribution in [-0.4, -0.2) is 111 Å². The number of rotatable bonds is 6. The lowest BCUT2D eigenvalue weighted by Crippen LogP contribution is -2.68. The molecule has 3 N–H and O–H groups in total. The predicted octanol–water partition coefficient (Wildman–Crippen LogP) is 1.13. The van der Waals surface area contributed by atoms with Gasteiger partial charge in [0.1, 0.15) is 18.2 Å². The Morgan fingerprint density at radius 3 is 2.42 bits per heavy atom. The van der Waals surface area contributed by atoms with Gasteiger partial charge in [-0.1, -0.05) is 12.1 Å². The van der Waals surface area contributed by atoms with Gasteiger partial charge in [-0.3, -0.25) is 14.6 Å². The van der Waals surface area contributed by atoms with Crippen LogP contribution in [0.15, 0.2) is 30.6 Å². The molecule has 1 spiro atoms. The number of likely N-dealkylation sites (tertiary alicyclic amines) is 1. The summed E-state index contributed by atoms with van der Waals surface area (Å²) in [7, 11) is 0. The molecule has 2 atom stereocenters. The molecule has 7 rings (SSSR count). The number of aromatic nitrogens is 3. The first-order chi connectivity index (χ1) is 19.4. The average Bonchev–Trinajstić information content (AvgIpc) is 3.66. The summed E-state index contributed by atoms with van der Waals surface area (Å²) in [5.41, 5.74) is 6.80. The van der Waals surface area contributed by atoms with E-state index in [2.05, 4.69) is 20.1 Å². The van der Waals surface area contributed by atoms with E-state index in [0.717, 1.165) is 51.4 Å². The normalized spacial score (nSPS) is 26.4. The van der Waals surface area contributed by atoms with Gasteiger partial charge in [0.15, 0.2) is 5.82 Å². The van der Waals surface area contributed by atoms with Crippen LogP contribution in [0.3, 0.4) is 0 Å². The zero-order valence-electron chi connectivity index (χ0n) is 22.8. The predicted molar refractivity (Wildman–Crippen MR) is 145 cm³/mol. The minimum absolute atomic E-state index is 0.0371. The van der Waals surface area contributed by atoms with E-state index in [4.69, 9.17) is 10.8 Å². The Hall–Kier alpha value is -3.09. The van der Waals surface area contributed by atoms with Crippen molar-refractivity contribution >= 4 is 11.9 Å². The first-order valence-corrected chi connectivity index (χ1v) is 14.6. The van der Waals surface area contributed by atoms with E-state index >= 15 is 0 Å². The number of nitrogens with zero attached hydrogens (tertiary/aromatic N) is 7. The molecule has 5 aliphatic rings. The molecular weight excluding hydrogens is 513 g/mol. The molecule has 11 nitrogen and oxygen atoms in total. The fourth-order valence-corrected chi connectivity index (χ4v) is 7.20. The minimum Gasteiger partial charge on any atom is -0.368 e. The van der Waals surface area contributed by atoms with Crippen LogP contribution in [-0.2, 0) is 4.79 Å². The molecule has 0 radical (unpaired) electrons. The average molecular weight is 552 g/mol. The monoisotopic (exact) mass is 551 g/mol. The molecule has 1 aromatic carbocycles. The van der Waals surface area contributed by atoms with Crippen molar-refractivity contribution in [3.63, 3.8) is 0 Å². The fourth-order valence-electron chi connectivity index (χ4n) is 7.20.